The lowest BCUT2D eigenvalue weighted by atomic mass is 9.95. The molecule has 1 aromatic heterocycles. The Balaban J connectivity index is 2.26. The zero-order chi connectivity index (χ0) is 15.0. The molecule has 2 nitrogen and oxygen atoms in total. The summed E-state index contributed by atoms with van der Waals surface area (Å²) in [5.74, 6) is 0. The van der Waals surface area contributed by atoms with Crippen LogP contribution in [0.15, 0.2) is 49.2 Å². The molecule has 1 heterocycles. The van der Waals surface area contributed by atoms with E-state index in [1.54, 1.807) is 24.3 Å². The van der Waals surface area contributed by atoms with E-state index in [4.69, 9.17) is 28.6 Å². The van der Waals surface area contributed by atoms with E-state index in [0.29, 0.717) is 26.9 Å². The molecule has 0 bridgehead atoms. The van der Waals surface area contributed by atoms with E-state index < -0.39 is 0 Å². The summed E-state index contributed by atoms with van der Waals surface area (Å²) in [6, 6.07) is 11.0. The lowest BCUT2D eigenvalue weighted by Gasteiger charge is -2.12. The summed E-state index contributed by atoms with van der Waals surface area (Å²) in [6.07, 6.45) is 3.55. The van der Waals surface area contributed by atoms with Crippen LogP contribution < -0.4 is 0 Å². The van der Waals surface area contributed by atoms with Crippen molar-refractivity contribution in [1.29, 1.82) is 5.41 Å². The second-order valence-corrected chi connectivity index (χ2v) is 5.52. The molecule has 0 aliphatic rings. The van der Waals surface area contributed by atoms with Crippen molar-refractivity contribution in [3.05, 3.63) is 75.9 Å². The maximum absolute atomic E-state index is 8.57. The van der Waals surface area contributed by atoms with Crippen LogP contribution >= 0.6 is 23.2 Å². The highest BCUT2D eigenvalue weighted by molar-refractivity contribution is 6.38. The average Bonchev–Trinajstić information content (AvgIpc) is 2.94. The molecule has 3 rings (SSSR count). The zero-order valence-electron chi connectivity index (χ0n) is 11.1. The minimum atomic E-state index is 0.336. The first-order valence-corrected chi connectivity index (χ1v) is 7.14. The number of fused-ring (bicyclic) bond motifs is 1. The van der Waals surface area contributed by atoms with Gasteiger partial charge in [-0.15, -0.1) is 0 Å². The first-order chi connectivity index (χ1) is 10.1. The van der Waals surface area contributed by atoms with Crippen LogP contribution in [0.4, 0.5) is 0 Å². The van der Waals surface area contributed by atoms with Crippen molar-refractivity contribution in [2.75, 3.05) is 0 Å². The molecule has 0 amide bonds. The van der Waals surface area contributed by atoms with E-state index in [-0.39, 0.29) is 0 Å². The Morgan fingerprint density at radius 2 is 1.95 bits per heavy atom. The number of benzene rings is 2. The summed E-state index contributed by atoms with van der Waals surface area (Å²) in [7, 11) is 0. The fourth-order valence-corrected chi connectivity index (χ4v) is 2.85. The van der Waals surface area contributed by atoms with Gasteiger partial charge in [-0.3, -0.25) is 5.41 Å². The molecule has 0 radical (unpaired) electrons. The minimum absolute atomic E-state index is 0.336. The molecule has 0 aliphatic carbocycles. The van der Waals surface area contributed by atoms with Crippen LogP contribution in [0.3, 0.4) is 0 Å². The van der Waals surface area contributed by atoms with Gasteiger partial charge < -0.3 is 4.98 Å². The van der Waals surface area contributed by atoms with Gasteiger partial charge >= 0.3 is 0 Å². The number of halogens is 2. The Labute approximate surface area is 132 Å². The number of H-pyrrole nitrogens is 1. The van der Waals surface area contributed by atoms with Crippen LogP contribution in [0.5, 0.6) is 0 Å². The average molecular weight is 315 g/mol. The van der Waals surface area contributed by atoms with Gasteiger partial charge in [0, 0.05) is 33.2 Å². The molecular weight excluding hydrogens is 303 g/mol. The van der Waals surface area contributed by atoms with E-state index in [0.717, 1.165) is 16.5 Å². The molecule has 0 atom stereocenters. The number of hydrogen-bond donors (Lipinski definition) is 2. The second kappa shape index (κ2) is 5.40. The maximum atomic E-state index is 8.57. The third kappa shape index (κ3) is 2.37. The number of hydrogen-bond acceptors (Lipinski definition) is 1. The van der Waals surface area contributed by atoms with Gasteiger partial charge in [-0.2, -0.15) is 0 Å². The lowest BCUT2D eigenvalue weighted by molar-refractivity contribution is 1.45. The van der Waals surface area contributed by atoms with Crippen molar-refractivity contribution in [3.63, 3.8) is 0 Å². The van der Waals surface area contributed by atoms with E-state index in [1.165, 1.54) is 0 Å². The summed E-state index contributed by atoms with van der Waals surface area (Å²) in [5, 5.41) is 10.6. The fraction of sp³-hybridized carbons (Fsp3) is 0. The molecule has 0 fully saturated rings. The molecule has 104 valence electrons. The largest absolute Gasteiger partial charge is 0.361 e. The molecule has 0 saturated heterocycles. The van der Waals surface area contributed by atoms with Crippen molar-refractivity contribution >= 4 is 45.9 Å². The minimum Gasteiger partial charge on any atom is -0.361 e. The highest BCUT2D eigenvalue weighted by atomic mass is 35.5. The van der Waals surface area contributed by atoms with Crippen molar-refractivity contribution in [2.24, 2.45) is 0 Å². The number of rotatable bonds is 3. The van der Waals surface area contributed by atoms with Crippen LogP contribution in [-0.2, 0) is 0 Å². The molecule has 0 spiro atoms. The van der Waals surface area contributed by atoms with Gasteiger partial charge in [0.05, 0.1) is 10.7 Å². The Morgan fingerprint density at radius 3 is 2.71 bits per heavy atom. The van der Waals surface area contributed by atoms with Crippen molar-refractivity contribution < 1.29 is 0 Å². The van der Waals surface area contributed by atoms with E-state index in [1.807, 2.05) is 24.4 Å². The van der Waals surface area contributed by atoms with Gasteiger partial charge in [0.25, 0.3) is 0 Å². The predicted molar refractivity (Wildman–Crippen MR) is 90.8 cm³/mol. The normalized spacial score (nSPS) is 10.8. The van der Waals surface area contributed by atoms with Gasteiger partial charge in [-0.05, 0) is 35.9 Å². The Hall–Kier alpha value is -2.03. The van der Waals surface area contributed by atoms with Gasteiger partial charge in [-0.25, -0.2) is 0 Å². The van der Waals surface area contributed by atoms with Crippen molar-refractivity contribution in [2.45, 2.75) is 0 Å². The maximum Gasteiger partial charge on any atom is 0.0712 e. The Bertz CT molecular complexity index is 862. The number of nitrogens with one attached hydrogen (secondary N) is 2. The zero-order valence-corrected chi connectivity index (χ0v) is 12.6. The molecule has 3 aromatic rings. The van der Waals surface area contributed by atoms with Crippen LogP contribution in [0, 0.1) is 5.41 Å². The number of aromatic amines is 1. The first-order valence-electron chi connectivity index (χ1n) is 6.38. The summed E-state index contributed by atoms with van der Waals surface area (Å²) < 4.78 is 0. The quantitative estimate of drug-likeness (QED) is 0.596. The van der Waals surface area contributed by atoms with Gasteiger partial charge in [0.1, 0.15) is 0 Å². The Morgan fingerprint density at radius 1 is 1.14 bits per heavy atom. The summed E-state index contributed by atoms with van der Waals surface area (Å²) in [5.41, 5.74) is 3.55. The summed E-state index contributed by atoms with van der Waals surface area (Å²) in [4.78, 5) is 3.13. The third-order valence-corrected chi connectivity index (χ3v) is 3.99. The van der Waals surface area contributed by atoms with E-state index in [9.17, 15) is 0 Å². The standard InChI is InChI=1S/C17H12Cl2N2/c1-2-10-3-4-11(18)9-13(10)17(20)16-12-7-8-21-15(12)6-5-14(16)19/h2-9,20-21H,1H2. The SMILES string of the molecule is C=Cc1ccc(Cl)cc1C(=N)c1c(Cl)ccc2[nH]ccc12. The van der Waals surface area contributed by atoms with Crippen LogP contribution in [0.1, 0.15) is 16.7 Å². The highest BCUT2D eigenvalue weighted by Crippen LogP contribution is 2.30. The summed E-state index contributed by atoms with van der Waals surface area (Å²) in [6.45, 7) is 3.79. The van der Waals surface area contributed by atoms with E-state index in [2.05, 4.69) is 11.6 Å². The van der Waals surface area contributed by atoms with Crippen molar-refractivity contribution in [3.8, 4) is 0 Å². The summed E-state index contributed by atoms with van der Waals surface area (Å²) >= 11 is 12.4. The molecule has 0 saturated carbocycles. The predicted octanol–water partition coefficient (Wildman–Crippen LogP) is 5.53. The first kappa shape index (κ1) is 13.9. The topological polar surface area (TPSA) is 39.6 Å². The van der Waals surface area contributed by atoms with Crippen molar-refractivity contribution in [1.82, 2.24) is 4.98 Å². The molecule has 0 unspecified atom stereocenters. The molecule has 4 heteroatoms. The lowest BCUT2D eigenvalue weighted by Crippen LogP contribution is -2.05. The van der Waals surface area contributed by atoms with Crippen LogP contribution in [-0.4, -0.2) is 10.7 Å². The van der Waals surface area contributed by atoms with Gasteiger partial charge in [-0.1, -0.05) is 41.9 Å². The van der Waals surface area contributed by atoms with Gasteiger partial charge in [0.2, 0.25) is 0 Å². The molecule has 2 N–H and O–H groups in total. The second-order valence-electron chi connectivity index (χ2n) is 4.67. The Kier molecular flexibility index (Phi) is 3.58. The molecule has 0 aliphatic heterocycles. The number of aromatic nitrogens is 1. The van der Waals surface area contributed by atoms with Crippen LogP contribution in [0.2, 0.25) is 10.0 Å². The fourth-order valence-electron chi connectivity index (χ4n) is 2.42. The van der Waals surface area contributed by atoms with Gasteiger partial charge in [0.15, 0.2) is 0 Å². The smallest absolute Gasteiger partial charge is 0.0712 e. The van der Waals surface area contributed by atoms with E-state index >= 15 is 0 Å². The molecular formula is C17H12Cl2N2. The third-order valence-electron chi connectivity index (χ3n) is 3.44. The monoisotopic (exact) mass is 314 g/mol. The highest BCUT2D eigenvalue weighted by Gasteiger charge is 2.16. The molecule has 2 aromatic carbocycles. The van der Waals surface area contributed by atoms with Crippen LogP contribution in [0.25, 0.3) is 17.0 Å². The molecule has 21 heavy (non-hydrogen) atoms.